The summed E-state index contributed by atoms with van der Waals surface area (Å²) < 4.78 is 0. The van der Waals surface area contributed by atoms with E-state index in [0.717, 1.165) is 35.1 Å². The maximum atomic E-state index is 4.00. The van der Waals surface area contributed by atoms with Gasteiger partial charge in [0.15, 0.2) is 0 Å². The summed E-state index contributed by atoms with van der Waals surface area (Å²) in [6, 6.07) is 0.913. The molecule has 6 aliphatic carbocycles. The molecule has 1 heteroatoms. The third kappa shape index (κ3) is 0.785. The van der Waals surface area contributed by atoms with E-state index in [9.17, 15) is 0 Å². The molecule has 94 valence electrons. The molecule has 6 bridgehead atoms. The molecule has 1 N–H and O–H groups in total. The molecule has 17 heavy (non-hydrogen) atoms. The van der Waals surface area contributed by atoms with Gasteiger partial charge in [-0.3, -0.25) is 0 Å². The second kappa shape index (κ2) is 2.76. The minimum absolute atomic E-state index is 0.728. The van der Waals surface area contributed by atoms with Gasteiger partial charge in [-0.25, -0.2) is 0 Å². The van der Waals surface area contributed by atoms with Crippen molar-refractivity contribution in [3.8, 4) is 0 Å². The maximum Gasteiger partial charge on any atom is 0.0160 e. The highest BCUT2D eigenvalue weighted by Crippen LogP contribution is 2.86. The predicted octanol–water partition coefficient (Wildman–Crippen LogP) is 2.91. The summed E-state index contributed by atoms with van der Waals surface area (Å²) in [7, 11) is 0. The zero-order chi connectivity index (χ0) is 11.4. The topological polar surface area (TPSA) is 12.0 Å². The van der Waals surface area contributed by atoms with E-state index in [1.54, 1.807) is 12.8 Å². The number of hydrogen-bond acceptors (Lipinski definition) is 1. The third-order valence-electron chi connectivity index (χ3n) is 7.91. The van der Waals surface area contributed by atoms with Crippen LogP contribution in [0.5, 0.6) is 0 Å². The van der Waals surface area contributed by atoms with Crippen molar-refractivity contribution in [1.29, 1.82) is 0 Å². The third-order valence-corrected chi connectivity index (χ3v) is 7.91. The van der Waals surface area contributed by atoms with Gasteiger partial charge in [0.2, 0.25) is 0 Å². The van der Waals surface area contributed by atoms with E-state index in [-0.39, 0.29) is 0 Å². The summed E-state index contributed by atoms with van der Waals surface area (Å²) in [4.78, 5) is 0. The van der Waals surface area contributed by atoms with Gasteiger partial charge in [-0.05, 0) is 72.6 Å². The Bertz CT molecular complexity index is 378. The Morgan fingerprint density at radius 1 is 1.12 bits per heavy atom. The second-order valence-electron chi connectivity index (χ2n) is 7.90. The Kier molecular flexibility index (Phi) is 1.60. The highest BCUT2D eigenvalue weighted by Gasteiger charge is 2.84. The first-order valence-corrected chi connectivity index (χ1v) is 8.02. The van der Waals surface area contributed by atoms with E-state index in [1.807, 2.05) is 0 Å². The lowest BCUT2D eigenvalue weighted by atomic mass is 9.64. The molecule has 6 fully saturated rings. The Morgan fingerprint density at radius 3 is 2.76 bits per heavy atom. The lowest BCUT2D eigenvalue weighted by Gasteiger charge is -2.40. The smallest absolute Gasteiger partial charge is 0.0160 e. The molecule has 6 rings (SSSR count). The van der Waals surface area contributed by atoms with Crippen LogP contribution in [0.1, 0.15) is 39.5 Å². The van der Waals surface area contributed by atoms with Crippen molar-refractivity contribution in [1.82, 2.24) is 5.32 Å². The van der Waals surface area contributed by atoms with E-state index in [4.69, 9.17) is 0 Å². The van der Waals surface area contributed by atoms with Crippen LogP contribution in [0.25, 0.3) is 0 Å². The molecular weight excluding hydrogens is 206 g/mol. The van der Waals surface area contributed by atoms with Crippen LogP contribution in [0.2, 0.25) is 0 Å². The van der Waals surface area contributed by atoms with E-state index < -0.39 is 0 Å². The van der Waals surface area contributed by atoms with Crippen LogP contribution in [0.4, 0.5) is 0 Å². The van der Waals surface area contributed by atoms with Gasteiger partial charge >= 0.3 is 0 Å². The fourth-order valence-corrected chi connectivity index (χ4v) is 7.92. The van der Waals surface area contributed by atoms with Crippen molar-refractivity contribution in [2.45, 2.75) is 45.6 Å². The normalized spacial score (nSPS) is 68.1. The van der Waals surface area contributed by atoms with Crippen LogP contribution in [-0.4, -0.2) is 12.6 Å². The Labute approximate surface area is 105 Å². The molecule has 0 aliphatic heterocycles. The monoisotopic (exact) mass is 231 g/mol. The van der Waals surface area contributed by atoms with Gasteiger partial charge in [0.25, 0.3) is 0 Å². The minimum atomic E-state index is 0.728. The molecule has 9 atom stereocenters. The van der Waals surface area contributed by atoms with E-state index in [1.165, 1.54) is 37.1 Å². The minimum Gasteiger partial charge on any atom is -0.313 e. The van der Waals surface area contributed by atoms with Crippen molar-refractivity contribution in [3.63, 3.8) is 0 Å². The Balaban J connectivity index is 1.50. The van der Waals surface area contributed by atoms with Crippen LogP contribution < -0.4 is 5.32 Å². The molecular formula is C16H25N. The number of rotatable bonds is 4. The number of hydrogen-bond donors (Lipinski definition) is 1. The highest BCUT2D eigenvalue weighted by molar-refractivity contribution is 5.33. The summed E-state index contributed by atoms with van der Waals surface area (Å²) in [6.45, 7) is 6.26. The molecule has 0 aromatic carbocycles. The molecule has 0 aromatic heterocycles. The molecule has 0 radical (unpaired) electrons. The second-order valence-corrected chi connectivity index (χ2v) is 7.90. The Morgan fingerprint density at radius 2 is 2.00 bits per heavy atom. The van der Waals surface area contributed by atoms with Crippen LogP contribution in [0.3, 0.4) is 0 Å². The van der Waals surface area contributed by atoms with E-state index >= 15 is 0 Å². The zero-order valence-electron chi connectivity index (χ0n) is 11.2. The SMILES string of the molecule is CCCCN[C@H]1C2C3CC4C5CC(C42)C1(C)C53. The largest absolute Gasteiger partial charge is 0.313 e. The van der Waals surface area contributed by atoms with Crippen molar-refractivity contribution < 1.29 is 0 Å². The van der Waals surface area contributed by atoms with Gasteiger partial charge in [0.05, 0.1) is 0 Å². The molecule has 8 unspecified atom stereocenters. The molecule has 0 heterocycles. The highest BCUT2D eigenvalue weighted by atomic mass is 15.0. The Hall–Kier alpha value is -0.0400. The van der Waals surface area contributed by atoms with Crippen molar-refractivity contribution in [2.75, 3.05) is 6.54 Å². The summed E-state index contributed by atoms with van der Waals surface area (Å²) in [5.41, 5.74) is 0.728. The first kappa shape index (κ1) is 9.83. The molecule has 1 nitrogen and oxygen atoms in total. The maximum absolute atomic E-state index is 4.00. The summed E-state index contributed by atoms with van der Waals surface area (Å²) in [6.07, 6.45) is 5.96. The average Bonchev–Trinajstić information content (AvgIpc) is 2.97. The van der Waals surface area contributed by atoms with Gasteiger partial charge < -0.3 is 5.32 Å². The number of nitrogens with one attached hydrogen (secondary N) is 1. The quantitative estimate of drug-likeness (QED) is 0.734. The lowest BCUT2D eigenvalue weighted by molar-refractivity contribution is 0.0653. The van der Waals surface area contributed by atoms with Crippen LogP contribution in [0.15, 0.2) is 0 Å². The first-order valence-electron chi connectivity index (χ1n) is 8.02. The van der Waals surface area contributed by atoms with Gasteiger partial charge in [0.1, 0.15) is 0 Å². The van der Waals surface area contributed by atoms with E-state index in [2.05, 4.69) is 19.2 Å². The van der Waals surface area contributed by atoms with Crippen LogP contribution in [-0.2, 0) is 0 Å². The van der Waals surface area contributed by atoms with E-state index in [0.29, 0.717) is 0 Å². The summed E-state index contributed by atoms with van der Waals surface area (Å²) in [5.74, 6) is 8.06. The van der Waals surface area contributed by atoms with Crippen LogP contribution >= 0.6 is 0 Å². The van der Waals surface area contributed by atoms with Crippen molar-refractivity contribution in [3.05, 3.63) is 0 Å². The van der Waals surface area contributed by atoms with Gasteiger partial charge in [-0.1, -0.05) is 20.3 Å². The molecule has 0 aromatic rings. The zero-order valence-corrected chi connectivity index (χ0v) is 11.2. The predicted molar refractivity (Wildman–Crippen MR) is 68.5 cm³/mol. The fraction of sp³-hybridized carbons (Fsp3) is 1.00. The van der Waals surface area contributed by atoms with Crippen molar-refractivity contribution >= 4 is 0 Å². The number of unbranched alkanes of at least 4 members (excludes halogenated alkanes) is 1. The molecule has 6 aliphatic rings. The lowest BCUT2D eigenvalue weighted by Crippen LogP contribution is -2.43. The molecule has 6 saturated carbocycles. The standard InChI is InChI=1S/C16H25N/c1-3-4-5-17-15-13-10-6-8-9-7-11(12(8)13)16(15,2)14(9)10/h8-15,17H,3-7H2,1-2H3/t8?,9?,10?,11?,12?,13?,14?,15-,16?/m0/s1. The summed E-state index contributed by atoms with van der Waals surface area (Å²) in [5, 5.41) is 4.00. The van der Waals surface area contributed by atoms with Crippen molar-refractivity contribution in [2.24, 2.45) is 46.8 Å². The van der Waals surface area contributed by atoms with Crippen LogP contribution in [0, 0.1) is 46.8 Å². The molecule has 0 spiro atoms. The molecule has 0 amide bonds. The molecule has 0 saturated heterocycles. The summed E-state index contributed by atoms with van der Waals surface area (Å²) >= 11 is 0. The van der Waals surface area contributed by atoms with Gasteiger partial charge in [0, 0.05) is 6.04 Å². The van der Waals surface area contributed by atoms with Gasteiger partial charge in [-0.15, -0.1) is 0 Å². The first-order chi connectivity index (χ1) is 8.28. The average molecular weight is 231 g/mol. The van der Waals surface area contributed by atoms with Gasteiger partial charge in [-0.2, -0.15) is 0 Å². The fourth-order valence-electron chi connectivity index (χ4n) is 7.92.